The lowest BCUT2D eigenvalue weighted by atomic mass is 10.1. The number of carboxylic acid groups (broad SMARTS) is 1. The lowest BCUT2D eigenvalue weighted by molar-refractivity contribution is -0.143. The minimum atomic E-state index is -2.85. The standard InChI is InChI=1S/C17H20F2N2O4/c1-9-4-3-5-13(10(9)2)21-8-11(6-15(21)22)16(23)20-12(17(24)25)7-14(18)19/h3-5,11-12,14H,6-8H2,1-2H3,(H,20,23)(H,24,25). The van der Waals surface area contributed by atoms with E-state index in [0.29, 0.717) is 5.69 Å². The summed E-state index contributed by atoms with van der Waals surface area (Å²) in [5.74, 6) is -3.25. The minimum Gasteiger partial charge on any atom is -0.480 e. The van der Waals surface area contributed by atoms with Gasteiger partial charge in [0.25, 0.3) is 0 Å². The molecular formula is C17H20F2N2O4. The molecule has 2 rings (SSSR count). The van der Waals surface area contributed by atoms with Crippen molar-refractivity contribution >= 4 is 23.5 Å². The van der Waals surface area contributed by atoms with Crippen molar-refractivity contribution in [2.24, 2.45) is 5.92 Å². The summed E-state index contributed by atoms with van der Waals surface area (Å²) in [6.07, 6.45) is -3.90. The minimum absolute atomic E-state index is 0.0831. The van der Waals surface area contributed by atoms with Crippen molar-refractivity contribution in [2.75, 3.05) is 11.4 Å². The maximum absolute atomic E-state index is 12.4. The molecule has 1 heterocycles. The summed E-state index contributed by atoms with van der Waals surface area (Å²) in [5, 5.41) is 11.0. The number of carbonyl (C=O) groups excluding carboxylic acids is 2. The van der Waals surface area contributed by atoms with Crippen LogP contribution in [0.2, 0.25) is 0 Å². The van der Waals surface area contributed by atoms with Crippen LogP contribution in [0.4, 0.5) is 14.5 Å². The number of aryl methyl sites for hydroxylation is 1. The van der Waals surface area contributed by atoms with Crippen molar-refractivity contribution in [1.82, 2.24) is 5.32 Å². The molecule has 0 spiro atoms. The molecule has 2 N–H and O–H groups in total. The first-order valence-corrected chi connectivity index (χ1v) is 7.88. The number of carboxylic acids is 1. The van der Waals surface area contributed by atoms with Gasteiger partial charge >= 0.3 is 5.97 Å². The quantitative estimate of drug-likeness (QED) is 0.817. The third kappa shape index (κ3) is 4.32. The highest BCUT2D eigenvalue weighted by Crippen LogP contribution is 2.29. The molecule has 25 heavy (non-hydrogen) atoms. The first-order chi connectivity index (χ1) is 11.7. The fourth-order valence-electron chi connectivity index (χ4n) is 2.83. The average Bonchev–Trinajstić information content (AvgIpc) is 2.90. The van der Waals surface area contributed by atoms with Gasteiger partial charge in [0.1, 0.15) is 6.04 Å². The number of aliphatic carboxylic acids is 1. The zero-order valence-corrected chi connectivity index (χ0v) is 14.0. The number of hydrogen-bond acceptors (Lipinski definition) is 3. The predicted molar refractivity (Wildman–Crippen MR) is 86.6 cm³/mol. The molecule has 0 saturated carbocycles. The summed E-state index contributed by atoms with van der Waals surface area (Å²) in [6, 6.07) is 3.82. The van der Waals surface area contributed by atoms with E-state index in [2.05, 4.69) is 5.32 Å². The molecule has 2 atom stereocenters. The fourth-order valence-corrected chi connectivity index (χ4v) is 2.83. The SMILES string of the molecule is Cc1cccc(N2CC(C(=O)NC(CC(F)F)C(=O)O)CC2=O)c1C. The van der Waals surface area contributed by atoms with Gasteiger partial charge in [-0.3, -0.25) is 9.59 Å². The van der Waals surface area contributed by atoms with Crippen LogP contribution in [0, 0.1) is 19.8 Å². The molecule has 1 aromatic rings. The second-order valence-electron chi connectivity index (χ2n) is 6.15. The van der Waals surface area contributed by atoms with E-state index < -0.39 is 36.7 Å². The number of alkyl halides is 2. The van der Waals surface area contributed by atoms with Gasteiger partial charge < -0.3 is 15.3 Å². The molecule has 0 bridgehead atoms. The Morgan fingerprint density at radius 1 is 1.36 bits per heavy atom. The monoisotopic (exact) mass is 354 g/mol. The van der Waals surface area contributed by atoms with Gasteiger partial charge in [-0.05, 0) is 31.0 Å². The summed E-state index contributed by atoms with van der Waals surface area (Å²) in [6.45, 7) is 3.87. The van der Waals surface area contributed by atoms with E-state index in [0.717, 1.165) is 11.1 Å². The third-order valence-electron chi connectivity index (χ3n) is 4.39. The maximum Gasteiger partial charge on any atom is 0.326 e. The number of hydrogen-bond donors (Lipinski definition) is 2. The second kappa shape index (κ2) is 7.58. The summed E-state index contributed by atoms with van der Waals surface area (Å²) < 4.78 is 24.8. The smallest absolute Gasteiger partial charge is 0.326 e. The molecule has 2 amide bonds. The number of amides is 2. The van der Waals surface area contributed by atoms with Gasteiger partial charge in [0.05, 0.1) is 5.92 Å². The van der Waals surface area contributed by atoms with Crippen molar-refractivity contribution in [3.8, 4) is 0 Å². The molecule has 1 aliphatic rings. The van der Waals surface area contributed by atoms with Crippen molar-refractivity contribution in [1.29, 1.82) is 0 Å². The second-order valence-corrected chi connectivity index (χ2v) is 6.15. The lowest BCUT2D eigenvalue weighted by Crippen LogP contribution is -2.45. The zero-order valence-electron chi connectivity index (χ0n) is 14.0. The third-order valence-corrected chi connectivity index (χ3v) is 4.39. The number of rotatable bonds is 6. The van der Waals surface area contributed by atoms with E-state index in [1.807, 2.05) is 19.9 Å². The Balaban J connectivity index is 2.10. The van der Waals surface area contributed by atoms with Crippen LogP contribution in [-0.2, 0) is 14.4 Å². The molecule has 1 saturated heterocycles. The van der Waals surface area contributed by atoms with Crippen LogP contribution in [-0.4, -0.2) is 41.9 Å². The number of halogens is 2. The molecule has 136 valence electrons. The number of nitrogens with zero attached hydrogens (tertiary/aromatic N) is 1. The van der Waals surface area contributed by atoms with E-state index in [1.165, 1.54) is 4.90 Å². The van der Waals surface area contributed by atoms with Crippen LogP contribution < -0.4 is 10.2 Å². The van der Waals surface area contributed by atoms with Crippen molar-refractivity contribution in [3.05, 3.63) is 29.3 Å². The van der Waals surface area contributed by atoms with Gasteiger partial charge in [0, 0.05) is 25.1 Å². The molecular weight excluding hydrogens is 334 g/mol. The predicted octanol–water partition coefficient (Wildman–Crippen LogP) is 1.88. The molecule has 0 aromatic heterocycles. The average molecular weight is 354 g/mol. The normalized spacial score (nSPS) is 18.5. The van der Waals surface area contributed by atoms with Gasteiger partial charge in [-0.15, -0.1) is 0 Å². The van der Waals surface area contributed by atoms with Crippen molar-refractivity contribution in [3.63, 3.8) is 0 Å². The number of nitrogens with one attached hydrogen (secondary N) is 1. The molecule has 1 aromatic carbocycles. The highest BCUT2D eigenvalue weighted by Gasteiger charge is 2.37. The highest BCUT2D eigenvalue weighted by molar-refractivity contribution is 6.01. The topological polar surface area (TPSA) is 86.7 Å². The van der Waals surface area contributed by atoms with Gasteiger partial charge in [-0.2, -0.15) is 0 Å². The Kier molecular flexibility index (Phi) is 5.71. The zero-order chi connectivity index (χ0) is 18.7. The van der Waals surface area contributed by atoms with Crippen molar-refractivity contribution in [2.45, 2.75) is 39.2 Å². The summed E-state index contributed by atoms with van der Waals surface area (Å²) in [5.41, 5.74) is 2.61. The molecule has 8 heteroatoms. The number of benzene rings is 1. The Hall–Kier alpha value is -2.51. The summed E-state index contributed by atoms with van der Waals surface area (Å²) in [4.78, 5) is 37.0. The van der Waals surface area contributed by atoms with Gasteiger partial charge in [-0.25, -0.2) is 13.6 Å². The van der Waals surface area contributed by atoms with Gasteiger partial charge in [-0.1, -0.05) is 12.1 Å². The van der Waals surface area contributed by atoms with Crippen molar-refractivity contribution < 1.29 is 28.3 Å². The summed E-state index contributed by atoms with van der Waals surface area (Å²) >= 11 is 0. The van der Waals surface area contributed by atoms with E-state index in [9.17, 15) is 23.2 Å². The molecule has 0 aliphatic carbocycles. The van der Waals surface area contributed by atoms with Crippen LogP contribution >= 0.6 is 0 Å². The Morgan fingerprint density at radius 2 is 2.04 bits per heavy atom. The Morgan fingerprint density at radius 3 is 2.64 bits per heavy atom. The number of carbonyl (C=O) groups is 3. The first kappa shape index (κ1) is 18.8. The first-order valence-electron chi connectivity index (χ1n) is 7.88. The largest absolute Gasteiger partial charge is 0.480 e. The van der Waals surface area contributed by atoms with Crippen LogP contribution in [0.25, 0.3) is 0 Å². The molecule has 1 aliphatic heterocycles. The molecule has 0 radical (unpaired) electrons. The summed E-state index contributed by atoms with van der Waals surface area (Å²) in [7, 11) is 0. The van der Waals surface area contributed by atoms with Gasteiger partial charge in [0.15, 0.2) is 0 Å². The molecule has 6 nitrogen and oxygen atoms in total. The van der Waals surface area contributed by atoms with Gasteiger partial charge in [0.2, 0.25) is 18.2 Å². The maximum atomic E-state index is 12.4. The van der Waals surface area contributed by atoms with Crippen LogP contribution in [0.1, 0.15) is 24.0 Å². The molecule has 1 fully saturated rings. The Labute approximate surface area is 143 Å². The Bertz CT molecular complexity index is 693. The van der Waals surface area contributed by atoms with E-state index in [-0.39, 0.29) is 18.9 Å². The highest BCUT2D eigenvalue weighted by atomic mass is 19.3. The van der Waals surface area contributed by atoms with Crippen LogP contribution in [0.5, 0.6) is 0 Å². The number of anilines is 1. The van der Waals surface area contributed by atoms with Crippen LogP contribution in [0.15, 0.2) is 18.2 Å². The van der Waals surface area contributed by atoms with E-state index in [4.69, 9.17) is 5.11 Å². The van der Waals surface area contributed by atoms with E-state index >= 15 is 0 Å². The lowest BCUT2D eigenvalue weighted by Gasteiger charge is -2.21. The fraction of sp³-hybridized carbons (Fsp3) is 0.471. The molecule has 2 unspecified atom stereocenters. The van der Waals surface area contributed by atoms with E-state index in [1.54, 1.807) is 12.1 Å². The van der Waals surface area contributed by atoms with Crippen LogP contribution in [0.3, 0.4) is 0 Å².